The molecule has 1 amide bonds. The van der Waals surface area contributed by atoms with E-state index in [1.807, 2.05) is 6.07 Å². The molecule has 0 radical (unpaired) electrons. The molecular weight excluding hydrogens is 255 g/mol. The second kappa shape index (κ2) is 5.52. The molecule has 0 spiro atoms. The third-order valence-corrected chi connectivity index (χ3v) is 4.69. The van der Waals surface area contributed by atoms with Crippen molar-refractivity contribution in [1.82, 2.24) is 5.32 Å². The summed E-state index contributed by atoms with van der Waals surface area (Å²) in [6, 6.07) is 6.84. The van der Waals surface area contributed by atoms with Crippen LogP contribution in [0.1, 0.15) is 37.2 Å². The van der Waals surface area contributed by atoms with E-state index >= 15 is 0 Å². The highest BCUT2D eigenvalue weighted by molar-refractivity contribution is 5.80. The molecule has 2 aliphatic carbocycles. The number of carbonyl (C=O) groups is 1. The van der Waals surface area contributed by atoms with Crippen LogP contribution in [0.3, 0.4) is 0 Å². The molecule has 3 nitrogen and oxygen atoms in total. The summed E-state index contributed by atoms with van der Waals surface area (Å²) in [6.07, 6.45) is 4.02. The molecule has 3 N–H and O–H groups in total. The molecule has 2 saturated carbocycles. The number of nitrogens with one attached hydrogen (secondary N) is 1. The number of halogens is 1. The van der Waals surface area contributed by atoms with Crippen molar-refractivity contribution in [1.29, 1.82) is 0 Å². The van der Waals surface area contributed by atoms with Crippen molar-refractivity contribution in [2.75, 3.05) is 6.54 Å². The Labute approximate surface area is 118 Å². The quantitative estimate of drug-likeness (QED) is 0.885. The molecule has 0 bridgehead atoms. The molecule has 1 aromatic carbocycles. The number of hydrogen-bond acceptors (Lipinski definition) is 2. The van der Waals surface area contributed by atoms with Gasteiger partial charge in [0.2, 0.25) is 5.91 Å². The number of carbonyl (C=O) groups excluding carboxylic acids is 1. The van der Waals surface area contributed by atoms with Crippen molar-refractivity contribution < 1.29 is 9.18 Å². The van der Waals surface area contributed by atoms with E-state index in [0.29, 0.717) is 12.5 Å². The standard InChI is InChI=1S/C16H21FN2O/c17-12-5-1-3-10(7-12)14-8-15(14)19-16(20)13-6-2-4-11(13)9-18/h1,3,5,7,11,13-15H,2,4,6,8-9,18H2,(H,19,20)/t11-,13-,14?,15?/m1/s1. The molecule has 0 aliphatic heterocycles. The average molecular weight is 276 g/mol. The summed E-state index contributed by atoms with van der Waals surface area (Å²) in [4.78, 5) is 12.3. The highest BCUT2D eigenvalue weighted by Gasteiger charge is 2.42. The van der Waals surface area contributed by atoms with E-state index in [1.165, 1.54) is 6.07 Å². The lowest BCUT2D eigenvalue weighted by Gasteiger charge is -2.17. The van der Waals surface area contributed by atoms with Gasteiger partial charge in [-0.15, -0.1) is 0 Å². The Morgan fingerprint density at radius 2 is 2.25 bits per heavy atom. The van der Waals surface area contributed by atoms with Gasteiger partial charge in [0.1, 0.15) is 5.82 Å². The first-order valence-electron chi connectivity index (χ1n) is 7.45. The SMILES string of the molecule is NC[C@H]1CCC[C@H]1C(=O)NC1CC1c1cccc(F)c1. The van der Waals surface area contributed by atoms with Crippen molar-refractivity contribution in [2.45, 2.75) is 37.6 Å². The number of amides is 1. The third kappa shape index (κ3) is 2.70. The minimum absolute atomic E-state index is 0.0776. The van der Waals surface area contributed by atoms with Crippen molar-refractivity contribution in [3.8, 4) is 0 Å². The summed E-state index contributed by atoms with van der Waals surface area (Å²) in [6.45, 7) is 0.593. The second-order valence-electron chi connectivity index (χ2n) is 6.05. The van der Waals surface area contributed by atoms with Crippen LogP contribution in [-0.2, 0) is 4.79 Å². The number of nitrogens with two attached hydrogens (primary N) is 1. The molecule has 0 heterocycles. The summed E-state index contributed by atoms with van der Waals surface area (Å²) in [5.41, 5.74) is 6.71. The Bertz CT molecular complexity index is 505. The lowest BCUT2D eigenvalue weighted by Crippen LogP contribution is -2.36. The Balaban J connectivity index is 1.57. The fraction of sp³-hybridized carbons (Fsp3) is 0.562. The van der Waals surface area contributed by atoms with E-state index in [4.69, 9.17) is 5.73 Å². The largest absolute Gasteiger partial charge is 0.352 e. The Morgan fingerprint density at radius 1 is 1.40 bits per heavy atom. The zero-order chi connectivity index (χ0) is 14.1. The maximum Gasteiger partial charge on any atom is 0.223 e. The van der Waals surface area contributed by atoms with Crippen molar-refractivity contribution in [3.05, 3.63) is 35.6 Å². The molecule has 4 atom stereocenters. The minimum atomic E-state index is -0.210. The van der Waals surface area contributed by atoms with Gasteiger partial charge in [0.25, 0.3) is 0 Å². The van der Waals surface area contributed by atoms with Gasteiger partial charge in [0.15, 0.2) is 0 Å². The van der Waals surface area contributed by atoms with Gasteiger partial charge in [-0.1, -0.05) is 18.6 Å². The summed E-state index contributed by atoms with van der Waals surface area (Å²) in [7, 11) is 0. The Hall–Kier alpha value is -1.42. The van der Waals surface area contributed by atoms with Gasteiger partial charge in [-0.25, -0.2) is 4.39 Å². The molecule has 2 aliphatic rings. The normalized spacial score (nSPS) is 32.1. The van der Waals surface area contributed by atoms with Crippen LogP contribution in [0.4, 0.5) is 4.39 Å². The highest BCUT2D eigenvalue weighted by Crippen LogP contribution is 2.41. The molecular formula is C16H21FN2O. The van der Waals surface area contributed by atoms with Gasteiger partial charge < -0.3 is 11.1 Å². The molecule has 1 aromatic rings. The second-order valence-corrected chi connectivity index (χ2v) is 6.05. The lowest BCUT2D eigenvalue weighted by atomic mass is 9.95. The van der Waals surface area contributed by atoms with E-state index < -0.39 is 0 Å². The smallest absolute Gasteiger partial charge is 0.223 e. The third-order valence-electron chi connectivity index (χ3n) is 4.69. The van der Waals surface area contributed by atoms with Crippen LogP contribution in [0.25, 0.3) is 0 Å². The Morgan fingerprint density at radius 3 is 3.00 bits per heavy atom. The molecule has 0 saturated heterocycles. The first-order valence-corrected chi connectivity index (χ1v) is 7.45. The minimum Gasteiger partial charge on any atom is -0.352 e. The molecule has 2 unspecified atom stereocenters. The van der Waals surface area contributed by atoms with Crippen LogP contribution >= 0.6 is 0 Å². The van der Waals surface area contributed by atoms with Gasteiger partial charge in [-0.3, -0.25) is 4.79 Å². The predicted octanol–water partition coefficient (Wildman–Crippen LogP) is 2.17. The maximum absolute atomic E-state index is 13.2. The molecule has 20 heavy (non-hydrogen) atoms. The van der Waals surface area contributed by atoms with Crippen LogP contribution in [0.2, 0.25) is 0 Å². The number of benzene rings is 1. The molecule has 108 valence electrons. The number of hydrogen-bond donors (Lipinski definition) is 2. The molecule has 4 heteroatoms. The summed E-state index contributed by atoms with van der Waals surface area (Å²) in [5, 5.41) is 3.11. The lowest BCUT2D eigenvalue weighted by molar-refractivity contribution is -0.126. The fourth-order valence-corrected chi connectivity index (χ4v) is 3.41. The molecule has 0 aromatic heterocycles. The summed E-state index contributed by atoms with van der Waals surface area (Å²) in [5.74, 6) is 0.614. The molecule has 3 rings (SSSR count). The van der Waals surface area contributed by atoms with Crippen LogP contribution in [0.5, 0.6) is 0 Å². The zero-order valence-corrected chi connectivity index (χ0v) is 11.5. The first-order chi connectivity index (χ1) is 9.69. The van der Waals surface area contributed by atoms with Crippen LogP contribution in [0, 0.1) is 17.7 Å². The van der Waals surface area contributed by atoms with Crippen molar-refractivity contribution in [2.24, 2.45) is 17.6 Å². The molecule has 2 fully saturated rings. The fourth-order valence-electron chi connectivity index (χ4n) is 3.41. The van der Waals surface area contributed by atoms with Gasteiger partial charge in [-0.05, 0) is 49.4 Å². The summed E-state index contributed by atoms with van der Waals surface area (Å²) < 4.78 is 13.2. The van der Waals surface area contributed by atoms with Crippen LogP contribution < -0.4 is 11.1 Å². The van der Waals surface area contributed by atoms with Gasteiger partial charge in [0, 0.05) is 17.9 Å². The van der Waals surface area contributed by atoms with E-state index in [0.717, 1.165) is 31.2 Å². The first kappa shape index (κ1) is 13.6. The van der Waals surface area contributed by atoms with E-state index in [9.17, 15) is 9.18 Å². The van der Waals surface area contributed by atoms with Gasteiger partial charge in [0.05, 0.1) is 0 Å². The van der Waals surface area contributed by atoms with Gasteiger partial charge in [-0.2, -0.15) is 0 Å². The van der Waals surface area contributed by atoms with Crippen molar-refractivity contribution >= 4 is 5.91 Å². The Kier molecular flexibility index (Phi) is 3.74. The number of rotatable bonds is 4. The van der Waals surface area contributed by atoms with Gasteiger partial charge >= 0.3 is 0 Å². The summed E-state index contributed by atoms with van der Waals surface area (Å²) >= 11 is 0. The van der Waals surface area contributed by atoms with E-state index in [2.05, 4.69) is 5.32 Å². The zero-order valence-electron chi connectivity index (χ0n) is 11.5. The van der Waals surface area contributed by atoms with E-state index in [-0.39, 0.29) is 29.6 Å². The predicted molar refractivity (Wildman–Crippen MR) is 75.6 cm³/mol. The average Bonchev–Trinajstić information content (AvgIpc) is 3.02. The monoisotopic (exact) mass is 276 g/mol. The maximum atomic E-state index is 13.2. The topological polar surface area (TPSA) is 55.1 Å². The van der Waals surface area contributed by atoms with Crippen LogP contribution in [-0.4, -0.2) is 18.5 Å². The highest BCUT2D eigenvalue weighted by atomic mass is 19.1. The van der Waals surface area contributed by atoms with Crippen LogP contribution in [0.15, 0.2) is 24.3 Å². The van der Waals surface area contributed by atoms with Crippen molar-refractivity contribution in [3.63, 3.8) is 0 Å². The van der Waals surface area contributed by atoms with E-state index in [1.54, 1.807) is 12.1 Å².